The molecule has 8 heteroatoms. The number of carbonyl (C=O) groups excluding carboxylic acids is 1. The summed E-state index contributed by atoms with van der Waals surface area (Å²) in [6.07, 6.45) is 2.32. The third kappa shape index (κ3) is 5.49. The third-order valence-electron chi connectivity index (χ3n) is 4.01. The summed E-state index contributed by atoms with van der Waals surface area (Å²) in [6, 6.07) is 5.92. The molecule has 2 fully saturated rings. The molecule has 2 aliphatic heterocycles. The van der Waals surface area contributed by atoms with Crippen molar-refractivity contribution in [3.8, 4) is 0 Å². The van der Waals surface area contributed by atoms with Crippen LogP contribution in [0.1, 0.15) is 6.42 Å². The molecule has 0 aliphatic carbocycles. The van der Waals surface area contributed by atoms with Crippen molar-refractivity contribution in [2.24, 2.45) is 0 Å². The molecule has 6 nitrogen and oxygen atoms in total. The van der Waals surface area contributed by atoms with E-state index < -0.39 is 0 Å². The first-order valence-corrected chi connectivity index (χ1v) is 7.59. The van der Waals surface area contributed by atoms with Crippen molar-refractivity contribution < 1.29 is 9.53 Å². The van der Waals surface area contributed by atoms with E-state index in [0.29, 0.717) is 13.0 Å². The molecular formula is C15H24Cl2N4O2. The smallest absolute Gasteiger partial charge is 0.225 e. The molecule has 2 aliphatic rings. The van der Waals surface area contributed by atoms with Gasteiger partial charge in [-0.2, -0.15) is 0 Å². The number of pyridine rings is 1. The first-order valence-electron chi connectivity index (χ1n) is 7.59. The maximum atomic E-state index is 12.3. The van der Waals surface area contributed by atoms with Crippen molar-refractivity contribution in [1.29, 1.82) is 0 Å². The number of amides is 1. The van der Waals surface area contributed by atoms with E-state index in [1.54, 1.807) is 6.20 Å². The van der Waals surface area contributed by atoms with Crippen LogP contribution < -0.4 is 10.2 Å². The van der Waals surface area contributed by atoms with Crippen LogP contribution in [0.3, 0.4) is 0 Å². The Kier molecular flexibility index (Phi) is 8.62. The molecule has 3 heterocycles. The molecule has 1 unspecified atom stereocenters. The fourth-order valence-corrected chi connectivity index (χ4v) is 2.80. The zero-order chi connectivity index (χ0) is 14.5. The molecule has 0 bridgehead atoms. The highest BCUT2D eigenvalue weighted by Gasteiger charge is 2.25. The minimum atomic E-state index is 0. The molecule has 0 aromatic carbocycles. The molecule has 1 amide bonds. The van der Waals surface area contributed by atoms with Gasteiger partial charge in [-0.25, -0.2) is 4.98 Å². The van der Waals surface area contributed by atoms with Gasteiger partial charge in [0.05, 0.1) is 19.1 Å². The summed E-state index contributed by atoms with van der Waals surface area (Å²) in [5.41, 5.74) is 0. The lowest BCUT2D eigenvalue weighted by Crippen LogP contribution is -2.50. The summed E-state index contributed by atoms with van der Waals surface area (Å²) in [5.74, 6) is 1.19. The van der Waals surface area contributed by atoms with E-state index in [2.05, 4.69) is 15.2 Å². The minimum Gasteiger partial charge on any atom is -0.375 e. The highest BCUT2D eigenvalue weighted by atomic mass is 35.5. The monoisotopic (exact) mass is 362 g/mol. The summed E-state index contributed by atoms with van der Waals surface area (Å²) in [4.78, 5) is 20.8. The van der Waals surface area contributed by atoms with Crippen molar-refractivity contribution in [2.45, 2.75) is 12.5 Å². The van der Waals surface area contributed by atoms with Crippen LogP contribution in [0.25, 0.3) is 0 Å². The van der Waals surface area contributed by atoms with Gasteiger partial charge in [0.15, 0.2) is 0 Å². The van der Waals surface area contributed by atoms with Gasteiger partial charge in [0.2, 0.25) is 5.91 Å². The van der Waals surface area contributed by atoms with Crippen LogP contribution in [-0.2, 0) is 9.53 Å². The summed E-state index contributed by atoms with van der Waals surface area (Å²) < 4.78 is 5.60. The molecule has 130 valence electrons. The molecular weight excluding hydrogens is 339 g/mol. The zero-order valence-corrected chi connectivity index (χ0v) is 14.7. The number of rotatable bonds is 3. The number of nitrogens with one attached hydrogen (secondary N) is 1. The number of morpholine rings is 1. The number of anilines is 1. The lowest BCUT2D eigenvalue weighted by molar-refractivity contribution is -0.135. The van der Waals surface area contributed by atoms with E-state index in [4.69, 9.17) is 4.74 Å². The Morgan fingerprint density at radius 1 is 1.26 bits per heavy atom. The van der Waals surface area contributed by atoms with Crippen molar-refractivity contribution in [3.05, 3.63) is 24.4 Å². The summed E-state index contributed by atoms with van der Waals surface area (Å²) in [7, 11) is 0. The van der Waals surface area contributed by atoms with Crippen LogP contribution >= 0.6 is 24.8 Å². The zero-order valence-electron chi connectivity index (χ0n) is 13.0. The van der Waals surface area contributed by atoms with Crippen molar-refractivity contribution in [1.82, 2.24) is 15.2 Å². The SMILES string of the molecule is Cl.Cl.O=C(CC1CNCCO1)N1CCN(c2ccccn2)CC1. The van der Waals surface area contributed by atoms with Crippen molar-refractivity contribution >= 4 is 36.5 Å². The van der Waals surface area contributed by atoms with E-state index in [9.17, 15) is 4.79 Å². The van der Waals surface area contributed by atoms with Crippen LogP contribution in [0.15, 0.2) is 24.4 Å². The summed E-state index contributed by atoms with van der Waals surface area (Å²) in [6.45, 7) is 5.56. The minimum absolute atomic E-state index is 0. The van der Waals surface area contributed by atoms with E-state index >= 15 is 0 Å². The molecule has 23 heavy (non-hydrogen) atoms. The normalized spacial score (nSPS) is 21.1. The van der Waals surface area contributed by atoms with Crippen molar-refractivity contribution in [2.75, 3.05) is 50.8 Å². The quantitative estimate of drug-likeness (QED) is 0.867. The first kappa shape index (κ1) is 20.0. The Bertz CT molecular complexity index is 464. The fourth-order valence-electron chi connectivity index (χ4n) is 2.80. The van der Waals surface area contributed by atoms with E-state index in [1.807, 2.05) is 23.1 Å². The molecule has 3 rings (SSSR count). The Morgan fingerprint density at radius 2 is 2.04 bits per heavy atom. The molecule has 0 saturated carbocycles. The van der Waals surface area contributed by atoms with E-state index in [0.717, 1.165) is 45.1 Å². The molecule has 1 aromatic heterocycles. The fraction of sp³-hybridized carbons (Fsp3) is 0.600. The third-order valence-corrected chi connectivity index (χ3v) is 4.01. The van der Waals surface area contributed by atoms with Gasteiger partial charge in [-0.05, 0) is 12.1 Å². The number of carbonyl (C=O) groups is 1. The molecule has 0 radical (unpaired) electrons. The van der Waals surface area contributed by atoms with Gasteiger partial charge in [0.1, 0.15) is 5.82 Å². The molecule has 1 atom stereocenters. The largest absolute Gasteiger partial charge is 0.375 e. The van der Waals surface area contributed by atoms with Crippen molar-refractivity contribution in [3.63, 3.8) is 0 Å². The summed E-state index contributed by atoms with van der Waals surface area (Å²) in [5, 5.41) is 3.26. The number of nitrogens with zero attached hydrogens (tertiary/aromatic N) is 3. The lowest BCUT2D eigenvalue weighted by Gasteiger charge is -2.36. The second kappa shape index (κ2) is 9.93. The predicted octanol–water partition coefficient (Wildman–Crippen LogP) is 0.952. The number of hydrogen-bond acceptors (Lipinski definition) is 5. The maximum absolute atomic E-state index is 12.3. The second-order valence-electron chi connectivity index (χ2n) is 5.46. The van der Waals surface area contributed by atoms with Gasteiger partial charge in [0, 0.05) is 45.5 Å². The molecule has 2 saturated heterocycles. The van der Waals surface area contributed by atoms with Crippen LogP contribution in [0, 0.1) is 0 Å². The van der Waals surface area contributed by atoms with Gasteiger partial charge in [-0.1, -0.05) is 6.07 Å². The molecule has 0 spiro atoms. The second-order valence-corrected chi connectivity index (χ2v) is 5.46. The van der Waals surface area contributed by atoms with Gasteiger partial charge in [-0.15, -0.1) is 24.8 Å². The average molecular weight is 363 g/mol. The van der Waals surface area contributed by atoms with Gasteiger partial charge in [-0.3, -0.25) is 4.79 Å². The number of halogens is 2. The summed E-state index contributed by atoms with van der Waals surface area (Å²) >= 11 is 0. The highest BCUT2D eigenvalue weighted by Crippen LogP contribution is 2.14. The van der Waals surface area contributed by atoms with Crippen LogP contribution in [0.2, 0.25) is 0 Å². The number of ether oxygens (including phenoxy) is 1. The Hall–Kier alpha value is -1.08. The first-order chi connectivity index (χ1) is 10.3. The predicted molar refractivity (Wildman–Crippen MR) is 94.8 cm³/mol. The van der Waals surface area contributed by atoms with Crippen LogP contribution in [0.4, 0.5) is 5.82 Å². The standard InChI is InChI=1S/C15H22N4O2.2ClH/c20-15(11-13-12-16-5-10-21-13)19-8-6-18(7-9-19)14-3-1-2-4-17-14;;/h1-4,13,16H,5-12H2;2*1H. The number of piperazine rings is 1. The lowest BCUT2D eigenvalue weighted by atomic mass is 10.2. The maximum Gasteiger partial charge on any atom is 0.225 e. The Balaban J connectivity index is 0.00000132. The topological polar surface area (TPSA) is 57.7 Å². The van der Waals surface area contributed by atoms with E-state index in [-0.39, 0.29) is 36.8 Å². The Labute approximate surface area is 149 Å². The van der Waals surface area contributed by atoms with Crippen LogP contribution in [0.5, 0.6) is 0 Å². The number of hydrogen-bond donors (Lipinski definition) is 1. The molecule has 1 aromatic rings. The van der Waals surface area contributed by atoms with E-state index in [1.165, 1.54) is 0 Å². The number of aromatic nitrogens is 1. The average Bonchev–Trinajstić information content (AvgIpc) is 2.57. The highest BCUT2D eigenvalue weighted by molar-refractivity contribution is 5.85. The van der Waals surface area contributed by atoms with Gasteiger partial charge >= 0.3 is 0 Å². The Morgan fingerprint density at radius 3 is 2.65 bits per heavy atom. The van der Waals surface area contributed by atoms with Gasteiger partial charge in [0.25, 0.3) is 0 Å². The van der Waals surface area contributed by atoms with Crippen LogP contribution in [-0.4, -0.2) is 67.8 Å². The molecule has 1 N–H and O–H groups in total. The van der Waals surface area contributed by atoms with Gasteiger partial charge < -0.3 is 19.9 Å².